The van der Waals surface area contributed by atoms with Crippen LogP contribution in [0, 0.1) is 0 Å². The molecule has 0 aliphatic carbocycles. The highest BCUT2D eigenvalue weighted by molar-refractivity contribution is 5.41. The number of rotatable bonds is 3. The number of methoxy groups -OCH3 is 1. The number of ether oxygens (including phenoxy) is 1. The number of hydrogen-bond acceptors (Lipinski definition) is 2. The standard InChI is InChI=1S/C14H19F2NO/c1-14(15,16)10-6-7-13(18-2)11(9-10)12-5-3-4-8-17-12/h6-7,9,12,17H,3-5,8H2,1-2H3. The minimum Gasteiger partial charge on any atom is -0.496 e. The Kier molecular flexibility index (Phi) is 3.85. The van der Waals surface area contributed by atoms with Gasteiger partial charge in [-0.25, -0.2) is 8.78 Å². The Morgan fingerprint density at radius 1 is 1.33 bits per heavy atom. The summed E-state index contributed by atoms with van der Waals surface area (Å²) in [6, 6.07) is 4.77. The molecule has 1 aliphatic heterocycles. The zero-order chi connectivity index (χ0) is 13.2. The molecule has 2 rings (SSSR count). The topological polar surface area (TPSA) is 21.3 Å². The highest BCUT2D eigenvalue weighted by atomic mass is 19.3. The molecule has 0 bridgehead atoms. The fourth-order valence-corrected chi connectivity index (χ4v) is 2.40. The molecule has 1 heterocycles. The van der Waals surface area contributed by atoms with Crippen LogP contribution in [0.15, 0.2) is 18.2 Å². The number of nitrogens with one attached hydrogen (secondary N) is 1. The van der Waals surface area contributed by atoms with E-state index < -0.39 is 5.92 Å². The van der Waals surface area contributed by atoms with E-state index in [1.54, 1.807) is 19.2 Å². The van der Waals surface area contributed by atoms with Crippen molar-refractivity contribution in [2.45, 2.75) is 38.2 Å². The van der Waals surface area contributed by atoms with Crippen molar-refractivity contribution in [3.63, 3.8) is 0 Å². The fourth-order valence-electron chi connectivity index (χ4n) is 2.40. The molecule has 1 N–H and O–H groups in total. The first-order chi connectivity index (χ1) is 8.52. The predicted octanol–water partition coefficient (Wildman–Crippen LogP) is 3.62. The van der Waals surface area contributed by atoms with Crippen LogP contribution in [-0.2, 0) is 5.92 Å². The van der Waals surface area contributed by atoms with Gasteiger partial charge in [0.15, 0.2) is 0 Å². The van der Waals surface area contributed by atoms with Gasteiger partial charge >= 0.3 is 0 Å². The Morgan fingerprint density at radius 3 is 2.67 bits per heavy atom. The van der Waals surface area contributed by atoms with Crippen LogP contribution in [0.25, 0.3) is 0 Å². The third-order valence-electron chi connectivity index (χ3n) is 3.42. The Hall–Kier alpha value is -1.16. The summed E-state index contributed by atoms with van der Waals surface area (Å²) in [7, 11) is 1.57. The number of piperidine rings is 1. The van der Waals surface area contributed by atoms with Gasteiger partial charge in [0.05, 0.1) is 7.11 Å². The zero-order valence-corrected chi connectivity index (χ0v) is 10.8. The average molecular weight is 255 g/mol. The van der Waals surface area contributed by atoms with Crippen molar-refractivity contribution in [3.05, 3.63) is 29.3 Å². The molecule has 0 radical (unpaired) electrons. The van der Waals surface area contributed by atoms with E-state index in [9.17, 15) is 8.78 Å². The largest absolute Gasteiger partial charge is 0.496 e. The SMILES string of the molecule is COc1ccc(C(C)(F)F)cc1C1CCCCN1. The summed E-state index contributed by atoms with van der Waals surface area (Å²) in [6.45, 7) is 1.85. The lowest BCUT2D eigenvalue weighted by molar-refractivity contribution is 0.0173. The summed E-state index contributed by atoms with van der Waals surface area (Å²) in [6.07, 6.45) is 3.23. The summed E-state index contributed by atoms with van der Waals surface area (Å²) >= 11 is 0. The number of benzene rings is 1. The van der Waals surface area contributed by atoms with Crippen molar-refractivity contribution >= 4 is 0 Å². The third kappa shape index (κ3) is 2.80. The maximum atomic E-state index is 13.4. The van der Waals surface area contributed by atoms with Crippen LogP contribution in [0.4, 0.5) is 8.78 Å². The van der Waals surface area contributed by atoms with Gasteiger partial charge in [-0.1, -0.05) is 6.42 Å². The van der Waals surface area contributed by atoms with E-state index in [-0.39, 0.29) is 11.6 Å². The van der Waals surface area contributed by atoms with Gasteiger partial charge in [-0.15, -0.1) is 0 Å². The van der Waals surface area contributed by atoms with Gasteiger partial charge in [-0.05, 0) is 37.6 Å². The lowest BCUT2D eigenvalue weighted by atomic mass is 9.94. The molecule has 4 heteroatoms. The maximum Gasteiger partial charge on any atom is 0.270 e. The molecular weight excluding hydrogens is 236 g/mol. The van der Waals surface area contributed by atoms with Gasteiger partial charge in [0.25, 0.3) is 5.92 Å². The summed E-state index contributed by atoms with van der Waals surface area (Å²) in [5.41, 5.74) is 0.891. The van der Waals surface area contributed by atoms with Gasteiger partial charge in [0.2, 0.25) is 0 Å². The number of halogens is 2. The smallest absolute Gasteiger partial charge is 0.270 e. The summed E-state index contributed by atoms with van der Waals surface area (Å²) in [5.74, 6) is -2.13. The second kappa shape index (κ2) is 5.22. The van der Waals surface area contributed by atoms with Crippen molar-refractivity contribution < 1.29 is 13.5 Å². The molecule has 1 atom stereocenters. The van der Waals surface area contributed by atoms with E-state index in [0.717, 1.165) is 38.3 Å². The van der Waals surface area contributed by atoms with Crippen LogP contribution in [0.2, 0.25) is 0 Å². The highest BCUT2D eigenvalue weighted by Gasteiger charge is 2.27. The van der Waals surface area contributed by atoms with Crippen molar-refractivity contribution in [1.29, 1.82) is 0 Å². The van der Waals surface area contributed by atoms with E-state index in [1.807, 2.05) is 0 Å². The molecule has 1 aliphatic rings. The fraction of sp³-hybridized carbons (Fsp3) is 0.571. The molecule has 1 fully saturated rings. The average Bonchev–Trinajstić information content (AvgIpc) is 2.38. The van der Waals surface area contributed by atoms with Crippen molar-refractivity contribution in [2.24, 2.45) is 0 Å². The lowest BCUT2D eigenvalue weighted by Gasteiger charge is -2.26. The van der Waals surface area contributed by atoms with Crippen LogP contribution in [0.3, 0.4) is 0 Å². The van der Waals surface area contributed by atoms with Gasteiger partial charge in [-0.3, -0.25) is 0 Å². The van der Waals surface area contributed by atoms with E-state index >= 15 is 0 Å². The molecule has 0 amide bonds. The Morgan fingerprint density at radius 2 is 2.11 bits per heavy atom. The first-order valence-electron chi connectivity index (χ1n) is 6.32. The van der Waals surface area contributed by atoms with Gasteiger partial charge < -0.3 is 10.1 Å². The maximum absolute atomic E-state index is 13.4. The predicted molar refractivity (Wildman–Crippen MR) is 67.2 cm³/mol. The van der Waals surface area contributed by atoms with Gasteiger partial charge in [-0.2, -0.15) is 0 Å². The molecule has 1 aromatic rings. The van der Waals surface area contributed by atoms with E-state index in [4.69, 9.17) is 4.74 Å². The molecule has 1 unspecified atom stereocenters. The van der Waals surface area contributed by atoms with Gasteiger partial charge in [0, 0.05) is 24.1 Å². The molecule has 0 aromatic heterocycles. The molecule has 2 nitrogen and oxygen atoms in total. The lowest BCUT2D eigenvalue weighted by Crippen LogP contribution is -2.27. The van der Waals surface area contributed by atoms with Crippen molar-refractivity contribution in [2.75, 3.05) is 13.7 Å². The number of hydrogen-bond donors (Lipinski definition) is 1. The van der Waals surface area contributed by atoms with Crippen LogP contribution in [0.5, 0.6) is 5.75 Å². The Balaban J connectivity index is 2.35. The molecule has 18 heavy (non-hydrogen) atoms. The first-order valence-corrected chi connectivity index (χ1v) is 6.32. The molecular formula is C14H19F2NO. The summed E-state index contributed by atoms with van der Waals surface area (Å²) < 4.78 is 32.0. The molecule has 100 valence electrons. The van der Waals surface area contributed by atoms with Crippen molar-refractivity contribution in [1.82, 2.24) is 5.32 Å². The minimum absolute atomic E-state index is 0.0469. The van der Waals surface area contributed by atoms with E-state index in [1.165, 1.54) is 6.07 Å². The van der Waals surface area contributed by atoms with Crippen LogP contribution in [0.1, 0.15) is 43.4 Å². The van der Waals surface area contributed by atoms with E-state index in [2.05, 4.69) is 5.32 Å². The monoisotopic (exact) mass is 255 g/mol. The molecule has 0 saturated carbocycles. The molecule has 0 spiro atoms. The van der Waals surface area contributed by atoms with Crippen LogP contribution in [-0.4, -0.2) is 13.7 Å². The third-order valence-corrected chi connectivity index (χ3v) is 3.42. The number of alkyl halides is 2. The normalized spacial score (nSPS) is 20.8. The molecule has 1 saturated heterocycles. The van der Waals surface area contributed by atoms with E-state index in [0.29, 0.717) is 5.75 Å². The Bertz CT molecular complexity index is 409. The van der Waals surface area contributed by atoms with Crippen LogP contribution >= 0.6 is 0 Å². The van der Waals surface area contributed by atoms with Crippen molar-refractivity contribution in [3.8, 4) is 5.75 Å². The minimum atomic E-state index is -2.81. The quantitative estimate of drug-likeness (QED) is 0.890. The second-order valence-electron chi connectivity index (χ2n) is 4.85. The summed E-state index contributed by atoms with van der Waals surface area (Å²) in [5, 5.41) is 3.36. The van der Waals surface area contributed by atoms with Crippen LogP contribution < -0.4 is 10.1 Å². The molecule has 1 aromatic carbocycles. The highest BCUT2D eigenvalue weighted by Crippen LogP contribution is 2.35. The zero-order valence-electron chi connectivity index (χ0n) is 10.8. The second-order valence-corrected chi connectivity index (χ2v) is 4.85. The summed E-state index contributed by atoms with van der Waals surface area (Å²) in [4.78, 5) is 0. The van der Waals surface area contributed by atoms with Gasteiger partial charge in [0.1, 0.15) is 5.75 Å². The first kappa shape index (κ1) is 13.3. The Labute approximate surface area is 106 Å².